The summed E-state index contributed by atoms with van der Waals surface area (Å²) in [6.07, 6.45) is 9.35. The minimum Gasteiger partial charge on any atom is -0.310 e. The average molecular weight is 265 g/mol. The number of rotatable bonds is 10. The Morgan fingerprint density at radius 2 is 1.53 bits per heavy atom. The van der Waals surface area contributed by atoms with Crippen molar-refractivity contribution in [3.8, 4) is 0 Å². The number of hydrogen-bond acceptors (Lipinski definition) is 1. The quantitative estimate of drug-likeness (QED) is 0.571. The molecule has 1 rings (SSSR count). The van der Waals surface area contributed by atoms with Gasteiger partial charge in [0.15, 0.2) is 0 Å². The molecule has 0 saturated heterocycles. The highest BCUT2D eigenvalue weighted by atomic mass is 19.1. The van der Waals surface area contributed by atoms with E-state index in [1.54, 1.807) is 0 Å². The van der Waals surface area contributed by atoms with Crippen molar-refractivity contribution in [1.82, 2.24) is 5.32 Å². The van der Waals surface area contributed by atoms with Gasteiger partial charge in [-0.25, -0.2) is 4.39 Å². The van der Waals surface area contributed by atoms with Crippen molar-refractivity contribution in [2.45, 2.75) is 64.8 Å². The van der Waals surface area contributed by atoms with Gasteiger partial charge in [-0.3, -0.25) is 0 Å². The van der Waals surface area contributed by atoms with Crippen molar-refractivity contribution in [2.75, 3.05) is 6.54 Å². The first-order chi connectivity index (χ1) is 9.24. The fourth-order valence-electron chi connectivity index (χ4n) is 2.27. The van der Waals surface area contributed by atoms with Crippen molar-refractivity contribution in [3.05, 3.63) is 35.6 Å². The van der Waals surface area contributed by atoms with Crippen LogP contribution in [0, 0.1) is 5.82 Å². The van der Waals surface area contributed by atoms with E-state index in [1.807, 2.05) is 12.1 Å². The Kier molecular flexibility index (Phi) is 8.48. The fraction of sp³-hybridized carbons (Fsp3) is 0.647. The summed E-state index contributed by atoms with van der Waals surface area (Å²) in [6.45, 7) is 5.43. The molecule has 0 aliphatic heterocycles. The lowest BCUT2D eigenvalue weighted by atomic mass is 10.1. The van der Waals surface area contributed by atoms with E-state index in [0.717, 1.165) is 12.1 Å². The van der Waals surface area contributed by atoms with Gasteiger partial charge in [0.25, 0.3) is 0 Å². The lowest BCUT2D eigenvalue weighted by Crippen LogP contribution is -2.19. The highest BCUT2D eigenvalue weighted by Gasteiger charge is 2.03. The van der Waals surface area contributed by atoms with Crippen molar-refractivity contribution in [2.24, 2.45) is 0 Å². The SMILES string of the molecule is CCCCCCCCCN[C@H](C)c1ccc(F)cc1. The van der Waals surface area contributed by atoms with E-state index >= 15 is 0 Å². The van der Waals surface area contributed by atoms with E-state index in [-0.39, 0.29) is 5.82 Å². The first-order valence-electron chi connectivity index (χ1n) is 7.73. The van der Waals surface area contributed by atoms with Crippen LogP contribution in [0.15, 0.2) is 24.3 Å². The Labute approximate surface area is 117 Å². The van der Waals surface area contributed by atoms with Gasteiger partial charge in [0, 0.05) is 6.04 Å². The van der Waals surface area contributed by atoms with Crippen molar-refractivity contribution in [1.29, 1.82) is 0 Å². The molecule has 1 aromatic carbocycles. The molecule has 2 heteroatoms. The Hall–Kier alpha value is -0.890. The van der Waals surface area contributed by atoms with Crippen LogP contribution in [0.5, 0.6) is 0 Å². The molecular formula is C17H28FN. The van der Waals surface area contributed by atoms with Crippen LogP contribution in [0.2, 0.25) is 0 Å². The summed E-state index contributed by atoms with van der Waals surface area (Å²) in [6, 6.07) is 7.08. The van der Waals surface area contributed by atoms with Gasteiger partial charge in [-0.05, 0) is 37.6 Å². The summed E-state index contributed by atoms with van der Waals surface area (Å²) >= 11 is 0. The molecule has 0 aliphatic rings. The maximum atomic E-state index is 12.8. The Morgan fingerprint density at radius 3 is 2.16 bits per heavy atom. The maximum absolute atomic E-state index is 12.8. The third-order valence-electron chi connectivity index (χ3n) is 3.60. The van der Waals surface area contributed by atoms with E-state index in [1.165, 1.54) is 57.1 Å². The molecule has 0 bridgehead atoms. The summed E-state index contributed by atoms with van der Waals surface area (Å²) in [5.74, 6) is -0.164. The molecule has 1 nitrogen and oxygen atoms in total. The van der Waals surface area contributed by atoms with Gasteiger partial charge in [-0.2, -0.15) is 0 Å². The molecule has 0 heterocycles. The first kappa shape index (κ1) is 16.2. The number of hydrogen-bond donors (Lipinski definition) is 1. The zero-order valence-corrected chi connectivity index (χ0v) is 12.4. The molecule has 0 amide bonds. The van der Waals surface area contributed by atoms with E-state index in [9.17, 15) is 4.39 Å². The Morgan fingerprint density at radius 1 is 0.947 bits per heavy atom. The Bertz CT molecular complexity index is 321. The highest BCUT2D eigenvalue weighted by Crippen LogP contribution is 2.13. The van der Waals surface area contributed by atoms with Gasteiger partial charge < -0.3 is 5.32 Å². The number of unbranched alkanes of at least 4 members (excludes halogenated alkanes) is 6. The molecule has 0 radical (unpaired) electrons. The van der Waals surface area contributed by atoms with E-state index in [0.29, 0.717) is 6.04 Å². The largest absolute Gasteiger partial charge is 0.310 e. The second-order valence-corrected chi connectivity index (χ2v) is 5.35. The predicted molar refractivity (Wildman–Crippen MR) is 80.8 cm³/mol. The minimum absolute atomic E-state index is 0.164. The molecule has 0 fully saturated rings. The second kappa shape index (κ2) is 9.96. The average Bonchev–Trinajstić information content (AvgIpc) is 2.42. The van der Waals surface area contributed by atoms with Crippen LogP contribution >= 0.6 is 0 Å². The summed E-state index contributed by atoms with van der Waals surface area (Å²) in [5.41, 5.74) is 1.16. The van der Waals surface area contributed by atoms with Gasteiger partial charge in [-0.15, -0.1) is 0 Å². The second-order valence-electron chi connectivity index (χ2n) is 5.35. The first-order valence-corrected chi connectivity index (χ1v) is 7.73. The van der Waals surface area contributed by atoms with Gasteiger partial charge >= 0.3 is 0 Å². The van der Waals surface area contributed by atoms with E-state index in [2.05, 4.69) is 19.2 Å². The molecular weight excluding hydrogens is 237 g/mol. The normalized spacial score (nSPS) is 12.6. The summed E-state index contributed by atoms with van der Waals surface area (Å²) in [7, 11) is 0. The molecule has 1 aromatic rings. The molecule has 0 aliphatic carbocycles. The van der Waals surface area contributed by atoms with Crippen LogP contribution in [0.25, 0.3) is 0 Å². The topological polar surface area (TPSA) is 12.0 Å². The minimum atomic E-state index is -0.164. The molecule has 1 atom stereocenters. The van der Waals surface area contributed by atoms with Gasteiger partial charge in [-0.1, -0.05) is 57.6 Å². The predicted octanol–water partition coefficient (Wildman–Crippen LogP) is 5.23. The number of benzene rings is 1. The molecule has 19 heavy (non-hydrogen) atoms. The van der Waals surface area contributed by atoms with Gasteiger partial charge in [0.1, 0.15) is 5.82 Å². The Balaban J connectivity index is 2.04. The van der Waals surface area contributed by atoms with Crippen LogP contribution in [0.3, 0.4) is 0 Å². The third kappa shape index (κ3) is 7.31. The standard InChI is InChI=1S/C17H28FN/c1-3-4-5-6-7-8-9-14-19-15(2)16-10-12-17(18)13-11-16/h10-13,15,19H,3-9,14H2,1-2H3/t15-/m1/s1. The lowest BCUT2D eigenvalue weighted by Gasteiger charge is -2.14. The van der Waals surface area contributed by atoms with Gasteiger partial charge in [0.05, 0.1) is 0 Å². The van der Waals surface area contributed by atoms with Crippen LogP contribution in [0.1, 0.15) is 70.4 Å². The summed E-state index contributed by atoms with van der Waals surface area (Å²) in [4.78, 5) is 0. The van der Waals surface area contributed by atoms with Crippen molar-refractivity contribution in [3.63, 3.8) is 0 Å². The highest BCUT2D eigenvalue weighted by molar-refractivity contribution is 5.19. The van der Waals surface area contributed by atoms with E-state index in [4.69, 9.17) is 0 Å². The summed E-state index contributed by atoms with van der Waals surface area (Å²) in [5, 5.41) is 3.50. The third-order valence-corrected chi connectivity index (χ3v) is 3.60. The zero-order chi connectivity index (χ0) is 13.9. The number of halogens is 1. The molecule has 1 N–H and O–H groups in total. The molecule has 108 valence electrons. The van der Waals surface area contributed by atoms with E-state index < -0.39 is 0 Å². The van der Waals surface area contributed by atoms with Crippen LogP contribution < -0.4 is 5.32 Å². The number of nitrogens with one attached hydrogen (secondary N) is 1. The van der Waals surface area contributed by atoms with Crippen molar-refractivity contribution >= 4 is 0 Å². The lowest BCUT2D eigenvalue weighted by molar-refractivity contribution is 0.523. The molecule has 0 unspecified atom stereocenters. The monoisotopic (exact) mass is 265 g/mol. The molecule has 0 aromatic heterocycles. The van der Waals surface area contributed by atoms with Crippen LogP contribution in [0.4, 0.5) is 4.39 Å². The summed E-state index contributed by atoms with van der Waals surface area (Å²) < 4.78 is 12.8. The van der Waals surface area contributed by atoms with Crippen molar-refractivity contribution < 1.29 is 4.39 Å². The molecule has 0 saturated carbocycles. The van der Waals surface area contributed by atoms with Gasteiger partial charge in [0.2, 0.25) is 0 Å². The zero-order valence-electron chi connectivity index (χ0n) is 12.4. The van der Waals surface area contributed by atoms with Crippen LogP contribution in [-0.2, 0) is 0 Å². The maximum Gasteiger partial charge on any atom is 0.123 e. The smallest absolute Gasteiger partial charge is 0.123 e. The molecule has 0 spiro atoms. The fourth-order valence-corrected chi connectivity index (χ4v) is 2.27. The van der Waals surface area contributed by atoms with Crippen LogP contribution in [-0.4, -0.2) is 6.54 Å².